The van der Waals surface area contributed by atoms with Crippen LogP contribution >= 0.6 is 0 Å². The minimum absolute atomic E-state index is 0.240. The summed E-state index contributed by atoms with van der Waals surface area (Å²) in [6, 6.07) is 11.4. The van der Waals surface area contributed by atoms with Crippen LogP contribution in [0.2, 0.25) is 0 Å². The number of rotatable bonds is 2. The molecule has 2 aromatic rings. The van der Waals surface area contributed by atoms with Crippen molar-refractivity contribution in [2.75, 3.05) is 13.1 Å². The molecule has 138 valence electrons. The lowest BCUT2D eigenvalue weighted by atomic mass is 9.88. The molecule has 1 N–H and O–H groups in total. The first-order chi connectivity index (χ1) is 12.2. The van der Waals surface area contributed by atoms with Gasteiger partial charge in [0.15, 0.2) is 0 Å². The fourth-order valence-electron chi connectivity index (χ4n) is 3.37. The van der Waals surface area contributed by atoms with Gasteiger partial charge in [0.1, 0.15) is 5.60 Å². The summed E-state index contributed by atoms with van der Waals surface area (Å²) in [5.41, 5.74) is 1.07. The fraction of sp³-hybridized carbons (Fsp3) is 0.429. The van der Waals surface area contributed by atoms with Crippen LogP contribution in [0.3, 0.4) is 0 Å². The normalized spacial score (nSPS) is 15.9. The van der Waals surface area contributed by atoms with Crippen LogP contribution in [0.25, 0.3) is 10.8 Å². The molecule has 0 bridgehead atoms. The molecule has 1 aliphatic rings. The number of carbonyl (C=O) groups is 2. The molecule has 26 heavy (non-hydrogen) atoms. The van der Waals surface area contributed by atoms with Gasteiger partial charge in [0.25, 0.3) is 0 Å². The lowest BCUT2D eigenvalue weighted by Crippen LogP contribution is -2.41. The molecule has 1 fully saturated rings. The Kier molecular flexibility index (Phi) is 4.90. The minimum Gasteiger partial charge on any atom is -0.478 e. The van der Waals surface area contributed by atoms with Gasteiger partial charge in [-0.05, 0) is 68.0 Å². The van der Waals surface area contributed by atoms with Gasteiger partial charge in [-0.1, -0.05) is 24.3 Å². The summed E-state index contributed by atoms with van der Waals surface area (Å²) >= 11 is 0. The molecule has 0 unspecified atom stereocenters. The molecule has 5 nitrogen and oxygen atoms in total. The van der Waals surface area contributed by atoms with E-state index in [1.54, 1.807) is 17.0 Å². The molecule has 5 heteroatoms. The van der Waals surface area contributed by atoms with E-state index in [1.165, 1.54) is 5.56 Å². The molecule has 2 aromatic carbocycles. The molecule has 1 heterocycles. The predicted molar refractivity (Wildman–Crippen MR) is 101 cm³/mol. The van der Waals surface area contributed by atoms with Gasteiger partial charge in [0.05, 0.1) is 5.56 Å². The van der Waals surface area contributed by atoms with Gasteiger partial charge in [-0.2, -0.15) is 0 Å². The lowest BCUT2D eigenvalue weighted by Gasteiger charge is -2.33. The second-order valence-corrected chi connectivity index (χ2v) is 7.87. The van der Waals surface area contributed by atoms with Crippen molar-refractivity contribution in [1.29, 1.82) is 0 Å². The van der Waals surface area contributed by atoms with Crippen LogP contribution in [0.5, 0.6) is 0 Å². The molecule has 0 spiro atoms. The number of aromatic carboxylic acids is 1. The summed E-state index contributed by atoms with van der Waals surface area (Å²) in [6.07, 6.45) is 1.56. The van der Waals surface area contributed by atoms with Gasteiger partial charge in [-0.15, -0.1) is 0 Å². The number of hydrogen-bond donors (Lipinski definition) is 1. The second-order valence-electron chi connectivity index (χ2n) is 7.87. The maximum atomic E-state index is 12.2. The van der Waals surface area contributed by atoms with Gasteiger partial charge in [0, 0.05) is 13.1 Å². The summed E-state index contributed by atoms with van der Waals surface area (Å²) in [6.45, 7) is 7.01. The van der Waals surface area contributed by atoms with Crippen LogP contribution in [0.1, 0.15) is 55.5 Å². The van der Waals surface area contributed by atoms with E-state index in [0.29, 0.717) is 24.6 Å². The molecule has 3 rings (SSSR count). The summed E-state index contributed by atoms with van der Waals surface area (Å²) < 4.78 is 5.45. The molecular formula is C21H25NO4. The van der Waals surface area contributed by atoms with Gasteiger partial charge in [-0.3, -0.25) is 0 Å². The Morgan fingerprint density at radius 1 is 1.04 bits per heavy atom. The van der Waals surface area contributed by atoms with Crippen molar-refractivity contribution < 1.29 is 19.4 Å². The largest absolute Gasteiger partial charge is 0.478 e. The van der Waals surface area contributed by atoms with Crippen molar-refractivity contribution in [2.24, 2.45) is 0 Å². The highest BCUT2D eigenvalue weighted by atomic mass is 16.6. The zero-order chi connectivity index (χ0) is 18.9. The third kappa shape index (κ3) is 4.15. The van der Waals surface area contributed by atoms with Crippen LogP contribution in [0.4, 0.5) is 4.79 Å². The number of fused-ring (bicyclic) bond motifs is 1. The van der Waals surface area contributed by atoms with Crippen molar-refractivity contribution in [3.8, 4) is 0 Å². The second kappa shape index (κ2) is 6.98. The summed E-state index contributed by atoms with van der Waals surface area (Å²) in [5, 5.41) is 11.1. The molecule has 1 saturated heterocycles. The number of hydrogen-bond acceptors (Lipinski definition) is 3. The smallest absolute Gasteiger partial charge is 0.410 e. The van der Waals surface area contributed by atoms with Gasteiger partial charge in [-0.25, -0.2) is 9.59 Å². The van der Waals surface area contributed by atoms with Crippen LogP contribution < -0.4 is 0 Å². The third-order valence-corrected chi connectivity index (χ3v) is 4.73. The Hall–Kier alpha value is -2.56. The van der Waals surface area contributed by atoms with E-state index in [9.17, 15) is 9.59 Å². The number of likely N-dealkylation sites (tertiary alicyclic amines) is 1. The number of nitrogens with zero attached hydrogens (tertiary/aromatic N) is 1. The van der Waals surface area contributed by atoms with Crippen molar-refractivity contribution in [1.82, 2.24) is 4.90 Å². The highest BCUT2D eigenvalue weighted by Crippen LogP contribution is 2.31. The lowest BCUT2D eigenvalue weighted by molar-refractivity contribution is 0.0204. The van der Waals surface area contributed by atoms with Gasteiger partial charge < -0.3 is 14.7 Å². The van der Waals surface area contributed by atoms with E-state index in [1.807, 2.05) is 32.9 Å². The number of carboxylic acid groups (broad SMARTS) is 1. The zero-order valence-electron chi connectivity index (χ0n) is 15.5. The molecule has 0 aromatic heterocycles. The molecule has 0 atom stereocenters. The van der Waals surface area contributed by atoms with Gasteiger partial charge >= 0.3 is 12.1 Å². The summed E-state index contributed by atoms with van der Waals surface area (Å²) in [4.78, 5) is 25.0. The molecule has 0 saturated carbocycles. The fourth-order valence-corrected chi connectivity index (χ4v) is 3.37. The third-order valence-electron chi connectivity index (χ3n) is 4.73. The molecule has 1 aliphatic heterocycles. The van der Waals surface area contributed by atoms with Crippen molar-refractivity contribution >= 4 is 22.8 Å². The predicted octanol–water partition coefficient (Wildman–Crippen LogP) is 4.65. The van der Waals surface area contributed by atoms with Crippen LogP contribution in [-0.4, -0.2) is 40.8 Å². The monoisotopic (exact) mass is 355 g/mol. The van der Waals surface area contributed by atoms with Crippen molar-refractivity contribution in [3.05, 3.63) is 47.5 Å². The maximum Gasteiger partial charge on any atom is 0.410 e. The Morgan fingerprint density at radius 2 is 1.65 bits per heavy atom. The van der Waals surface area contributed by atoms with Crippen LogP contribution in [0, 0.1) is 0 Å². The quantitative estimate of drug-likeness (QED) is 0.851. The first-order valence-corrected chi connectivity index (χ1v) is 8.98. The standard InChI is InChI=1S/C21H25NO4/c1-21(2,3)26-20(25)22-10-8-14(9-11-22)15-4-5-17-13-18(19(23)24)7-6-16(17)12-15/h4-7,12-14H,8-11H2,1-3H3,(H,23,24). The Balaban J connectivity index is 1.68. The number of carbonyl (C=O) groups excluding carboxylic acids is 1. The number of benzene rings is 2. The zero-order valence-corrected chi connectivity index (χ0v) is 15.5. The first kappa shape index (κ1) is 18.2. The Labute approximate surface area is 153 Å². The maximum absolute atomic E-state index is 12.2. The Bertz CT molecular complexity index is 830. The van der Waals surface area contributed by atoms with E-state index in [2.05, 4.69) is 12.1 Å². The highest BCUT2D eigenvalue weighted by molar-refractivity contribution is 5.94. The van der Waals surface area contributed by atoms with Crippen LogP contribution in [0.15, 0.2) is 36.4 Å². The number of amides is 1. The number of ether oxygens (including phenoxy) is 1. The van der Waals surface area contributed by atoms with E-state index in [4.69, 9.17) is 9.84 Å². The molecule has 0 radical (unpaired) electrons. The van der Waals surface area contributed by atoms with E-state index in [-0.39, 0.29) is 6.09 Å². The van der Waals surface area contributed by atoms with E-state index >= 15 is 0 Å². The van der Waals surface area contributed by atoms with Crippen molar-refractivity contribution in [2.45, 2.75) is 45.1 Å². The van der Waals surface area contributed by atoms with E-state index in [0.717, 1.165) is 23.6 Å². The Morgan fingerprint density at radius 3 is 2.27 bits per heavy atom. The van der Waals surface area contributed by atoms with E-state index < -0.39 is 11.6 Å². The minimum atomic E-state index is -0.912. The topological polar surface area (TPSA) is 66.8 Å². The highest BCUT2D eigenvalue weighted by Gasteiger charge is 2.27. The van der Waals surface area contributed by atoms with Crippen LogP contribution in [-0.2, 0) is 4.74 Å². The first-order valence-electron chi connectivity index (χ1n) is 8.98. The summed E-state index contributed by atoms with van der Waals surface area (Å²) in [7, 11) is 0. The average molecular weight is 355 g/mol. The summed E-state index contributed by atoms with van der Waals surface area (Å²) in [5.74, 6) is -0.511. The molecule has 1 amide bonds. The SMILES string of the molecule is CC(C)(C)OC(=O)N1CCC(c2ccc3cc(C(=O)O)ccc3c2)CC1. The van der Waals surface area contributed by atoms with Gasteiger partial charge in [0.2, 0.25) is 0 Å². The number of carboxylic acids is 1. The molecule has 0 aliphatic carbocycles. The molecular weight excluding hydrogens is 330 g/mol. The number of piperidine rings is 1. The average Bonchev–Trinajstić information content (AvgIpc) is 2.59. The van der Waals surface area contributed by atoms with Crippen molar-refractivity contribution in [3.63, 3.8) is 0 Å².